The second-order valence-corrected chi connectivity index (χ2v) is 9.07. The third-order valence-corrected chi connectivity index (χ3v) is 6.72. The molecule has 1 amide bonds. The number of amides is 1. The van der Waals surface area contributed by atoms with Gasteiger partial charge in [-0.05, 0) is 30.9 Å². The van der Waals surface area contributed by atoms with E-state index >= 15 is 0 Å². The zero-order chi connectivity index (χ0) is 22.0. The van der Waals surface area contributed by atoms with Gasteiger partial charge < -0.3 is 14.8 Å². The molecule has 0 spiro atoms. The highest BCUT2D eigenvalue weighted by molar-refractivity contribution is 7.90. The van der Waals surface area contributed by atoms with Crippen molar-refractivity contribution >= 4 is 39.7 Å². The number of carbonyl (C=O) groups is 1. The number of anilines is 1. The number of ether oxygens (including phenoxy) is 2. The van der Waals surface area contributed by atoms with Crippen LogP contribution in [0.2, 0.25) is 0 Å². The molecule has 12 heteroatoms. The van der Waals surface area contributed by atoms with Gasteiger partial charge in [0.05, 0.1) is 15.9 Å². The van der Waals surface area contributed by atoms with Crippen LogP contribution < -0.4 is 14.8 Å². The zero-order valence-electron chi connectivity index (χ0n) is 16.9. The van der Waals surface area contributed by atoms with Gasteiger partial charge in [0.2, 0.25) is 0 Å². The quantitative estimate of drug-likeness (QED) is 0.489. The van der Waals surface area contributed by atoms with Gasteiger partial charge in [0, 0.05) is 30.9 Å². The van der Waals surface area contributed by atoms with Crippen LogP contribution in [-0.4, -0.2) is 45.1 Å². The van der Waals surface area contributed by atoms with Gasteiger partial charge in [-0.15, -0.1) is 12.4 Å². The number of sulfonamides is 1. The fourth-order valence-corrected chi connectivity index (χ4v) is 4.75. The van der Waals surface area contributed by atoms with Gasteiger partial charge in [-0.3, -0.25) is 14.9 Å². The molecule has 0 radical (unpaired) electrons. The first-order valence-corrected chi connectivity index (χ1v) is 11.2. The van der Waals surface area contributed by atoms with Crippen molar-refractivity contribution in [1.29, 1.82) is 0 Å². The van der Waals surface area contributed by atoms with E-state index in [1.54, 1.807) is 18.2 Å². The molecule has 0 aliphatic carbocycles. The molecule has 1 saturated heterocycles. The van der Waals surface area contributed by atoms with E-state index in [0.29, 0.717) is 13.2 Å². The predicted octanol–water partition coefficient (Wildman–Crippen LogP) is 2.73. The number of nitro groups is 1. The molecule has 0 saturated carbocycles. The number of nitrogens with one attached hydrogen (secondary N) is 2. The molecule has 0 aromatic heterocycles. The molecular weight excluding hydrogens is 462 g/mol. The SMILES string of the molecule is Cl.O=C(NS(=O)(=O)c1cc2c(c([N+](=O)[O-])c1)N[C@@H](C1CCOCC1)CO2)c1ccccc1. The van der Waals surface area contributed by atoms with Crippen LogP contribution in [0.4, 0.5) is 11.4 Å². The molecule has 0 bridgehead atoms. The van der Waals surface area contributed by atoms with Crippen molar-refractivity contribution in [2.24, 2.45) is 5.92 Å². The molecular formula is C20H22ClN3O7S. The Kier molecular flexibility index (Phi) is 7.22. The van der Waals surface area contributed by atoms with Crippen molar-refractivity contribution in [3.8, 4) is 5.75 Å². The van der Waals surface area contributed by atoms with E-state index in [9.17, 15) is 23.3 Å². The second kappa shape index (κ2) is 9.72. The Bertz CT molecular complexity index is 1110. The maximum Gasteiger partial charge on any atom is 0.297 e. The summed E-state index contributed by atoms with van der Waals surface area (Å²) in [5.41, 5.74) is -0.140. The van der Waals surface area contributed by atoms with Crippen LogP contribution in [0.1, 0.15) is 23.2 Å². The van der Waals surface area contributed by atoms with Crippen molar-refractivity contribution in [3.63, 3.8) is 0 Å². The largest absolute Gasteiger partial charge is 0.489 e. The van der Waals surface area contributed by atoms with E-state index in [1.165, 1.54) is 18.2 Å². The summed E-state index contributed by atoms with van der Waals surface area (Å²) < 4.78 is 38.5. The summed E-state index contributed by atoms with van der Waals surface area (Å²) in [6.07, 6.45) is 1.62. The van der Waals surface area contributed by atoms with Crippen LogP contribution >= 0.6 is 12.4 Å². The number of nitrogens with zero attached hydrogens (tertiary/aromatic N) is 1. The van der Waals surface area contributed by atoms with Crippen molar-refractivity contribution in [2.45, 2.75) is 23.8 Å². The molecule has 4 rings (SSSR count). The number of halogens is 1. The first-order valence-electron chi connectivity index (χ1n) is 9.77. The van der Waals surface area contributed by atoms with Crippen molar-refractivity contribution in [3.05, 3.63) is 58.1 Å². The lowest BCUT2D eigenvalue weighted by Gasteiger charge is -2.35. The molecule has 2 heterocycles. The molecule has 172 valence electrons. The molecule has 2 N–H and O–H groups in total. The Labute approximate surface area is 190 Å². The van der Waals surface area contributed by atoms with Crippen LogP contribution in [-0.2, 0) is 14.8 Å². The van der Waals surface area contributed by atoms with E-state index in [2.05, 4.69) is 5.32 Å². The van der Waals surface area contributed by atoms with E-state index in [1.807, 2.05) is 4.72 Å². The highest BCUT2D eigenvalue weighted by Crippen LogP contribution is 2.41. The predicted molar refractivity (Wildman–Crippen MR) is 118 cm³/mol. The minimum absolute atomic E-state index is 0. The average molecular weight is 484 g/mol. The van der Waals surface area contributed by atoms with Crippen molar-refractivity contribution < 1.29 is 27.6 Å². The number of fused-ring (bicyclic) bond motifs is 1. The Morgan fingerprint density at radius 2 is 1.84 bits per heavy atom. The van der Waals surface area contributed by atoms with Gasteiger partial charge in [-0.2, -0.15) is 0 Å². The van der Waals surface area contributed by atoms with Gasteiger partial charge in [-0.1, -0.05) is 18.2 Å². The lowest BCUT2D eigenvalue weighted by molar-refractivity contribution is -0.384. The van der Waals surface area contributed by atoms with Crippen LogP contribution in [0.5, 0.6) is 5.75 Å². The maximum absolute atomic E-state index is 12.7. The van der Waals surface area contributed by atoms with E-state index < -0.39 is 31.4 Å². The Morgan fingerprint density at radius 3 is 2.50 bits per heavy atom. The van der Waals surface area contributed by atoms with Crippen molar-refractivity contribution in [1.82, 2.24) is 4.72 Å². The number of hydrogen-bond acceptors (Lipinski definition) is 8. The van der Waals surface area contributed by atoms with Gasteiger partial charge in [0.25, 0.3) is 21.6 Å². The molecule has 32 heavy (non-hydrogen) atoms. The summed E-state index contributed by atoms with van der Waals surface area (Å²) >= 11 is 0. The number of carbonyl (C=O) groups excluding carboxylic acids is 1. The molecule has 0 unspecified atom stereocenters. The summed E-state index contributed by atoms with van der Waals surface area (Å²) in [7, 11) is -4.36. The molecule has 2 aromatic carbocycles. The number of hydrogen-bond donors (Lipinski definition) is 2. The van der Waals surface area contributed by atoms with Crippen LogP contribution in [0.15, 0.2) is 47.4 Å². The minimum atomic E-state index is -4.36. The fraction of sp³-hybridized carbons (Fsp3) is 0.350. The first-order chi connectivity index (χ1) is 14.8. The summed E-state index contributed by atoms with van der Waals surface area (Å²) in [6, 6.07) is 9.79. The maximum atomic E-state index is 12.7. The van der Waals surface area contributed by atoms with Crippen molar-refractivity contribution in [2.75, 3.05) is 25.1 Å². The van der Waals surface area contributed by atoms with E-state index in [0.717, 1.165) is 18.9 Å². The number of benzene rings is 2. The highest BCUT2D eigenvalue weighted by Gasteiger charge is 2.34. The molecule has 2 aliphatic rings. The Morgan fingerprint density at radius 1 is 1.16 bits per heavy atom. The van der Waals surface area contributed by atoms with Crippen LogP contribution in [0.3, 0.4) is 0 Å². The molecule has 2 aromatic rings. The standard InChI is InChI=1S/C20H21N3O7S.ClH/c24-20(14-4-2-1-3-5-14)22-31(27,28)15-10-17(23(25)26)19-18(11-15)30-12-16(21-19)13-6-8-29-9-7-13;/h1-5,10-11,13,16,21H,6-9,12H2,(H,22,24);1H/t16-;/m1./s1. The molecule has 1 fully saturated rings. The summed E-state index contributed by atoms with van der Waals surface area (Å²) in [6.45, 7) is 1.49. The van der Waals surface area contributed by atoms with Gasteiger partial charge in [0.15, 0.2) is 11.4 Å². The zero-order valence-corrected chi connectivity index (χ0v) is 18.5. The van der Waals surface area contributed by atoms with Gasteiger partial charge in [-0.25, -0.2) is 13.1 Å². The lowest BCUT2D eigenvalue weighted by Crippen LogP contribution is -2.40. The van der Waals surface area contributed by atoms with Gasteiger partial charge in [0.1, 0.15) is 6.61 Å². The molecule has 10 nitrogen and oxygen atoms in total. The fourth-order valence-electron chi connectivity index (χ4n) is 3.74. The van der Waals surface area contributed by atoms with Gasteiger partial charge >= 0.3 is 0 Å². The smallest absolute Gasteiger partial charge is 0.297 e. The molecule has 2 aliphatic heterocycles. The Balaban J connectivity index is 0.00000289. The summed E-state index contributed by atoms with van der Waals surface area (Å²) in [5, 5.41) is 14.8. The monoisotopic (exact) mass is 483 g/mol. The summed E-state index contributed by atoms with van der Waals surface area (Å²) in [4.78, 5) is 22.9. The minimum Gasteiger partial charge on any atom is -0.489 e. The van der Waals surface area contributed by atoms with Crippen LogP contribution in [0, 0.1) is 16.0 Å². The topological polar surface area (TPSA) is 137 Å². The van der Waals surface area contributed by atoms with Crippen LogP contribution in [0.25, 0.3) is 0 Å². The lowest BCUT2D eigenvalue weighted by atomic mass is 9.91. The van der Waals surface area contributed by atoms with E-state index in [-0.39, 0.29) is 48.0 Å². The second-order valence-electron chi connectivity index (χ2n) is 7.38. The third kappa shape index (κ3) is 4.95. The Hall–Kier alpha value is -2.89. The summed E-state index contributed by atoms with van der Waals surface area (Å²) in [5.74, 6) is -0.542. The highest BCUT2D eigenvalue weighted by atomic mass is 35.5. The molecule has 1 atom stereocenters. The first kappa shape index (κ1) is 23.8. The normalized spacial score (nSPS) is 18.3. The number of nitro benzene ring substituents is 1. The third-order valence-electron chi connectivity index (χ3n) is 5.41. The number of rotatable bonds is 5. The van der Waals surface area contributed by atoms with E-state index in [4.69, 9.17) is 9.47 Å². The average Bonchev–Trinajstić information content (AvgIpc) is 2.78.